The molecule has 68 valence electrons. The molecule has 1 amide bonds. The summed E-state index contributed by atoms with van der Waals surface area (Å²) in [5.74, 6) is -1.37. The van der Waals surface area contributed by atoms with E-state index in [0.29, 0.717) is 5.57 Å². The third kappa shape index (κ3) is 11.2. The van der Waals surface area contributed by atoms with E-state index in [0.717, 1.165) is 0 Å². The SMILES string of the molecule is C=C(C)C(=O)O.C=C(C)C(N)=O. The van der Waals surface area contributed by atoms with Crippen LogP contribution in [0, 0.1) is 0 Å². The molecule has 0 saturated heterocycles. The molecule has 0 radical (unpaired) electrons. The van der Waals surface area contributed by atoms with E-state index in [2.05, 4.69) is 13.2 Å². The van der Waals surface area contributed by atoms with Crippen LogP contribution < -0.4 is 5.73 Å². The molecule has 0 spiro atoms. The lowest BCUT2D eigenvalue weighted by atomic mass is 10.3. The van der Waals surface area contributed by atoms with Crippen LogP contribution in [0.5, 0.6) is 0 Å². The number of aliphatic carboxylic acids is 1. The van der Waals surface area contributed by atoms with Crippen molar-refractivity contribution in [2.75, 3.05) is 0 Å². The Bertz CT molecular complexity index is 170. The Kier molecular flexibility index (Phi) is 6.69. The summed E-state index contributed by atoms with van der Waals surface area (Å²) in [6.45, 7) is 9.45. The number of carbonyl (C=O) groups is 2. The lowest BCUT2D eigenvalue weighted by molar-refractivity contribution is -0.132. The average Bonchev–Trinajstić information content (AvgIpc) is 1.88. The predicted octanol–water partition coefficient (Wildman–Crippen LogP) is 0.695. The lowest BCUT2D eigenvalue weighted by Crippen LogP contribution is -2.10. The summed E-state index contributed by atoms with van der Waals surface area (Å²) >= 11 is 0. The molecule has 0 aliphatic heterocycles. The fourth-order valence-corrected chi connectivity index (χ4v) is 0. The van der Waals surface area contributed by atoms with Gasteiger partial charge < -0.3 is 10.8 Å². The van der Waals surface area contributed by atoms with Crippen LogP contribution in [-0.2, 0) is 9.59 Å². The van der Waals surface area contributed by atoms with Crippen LogP contribution in [0.25, 0.3) is 0 Å². The summed E-state index contributed by atoms with van der Waals surface area (Å²) < 4.78 is 0. The molecule has 0 bridgehead atoms. The third-order valence-electron chi connectivity index (χ3n) is 0.786. The molecule has 0 heterocycles. The number of primary amides is 1. The Morgan fingerprint density at radius 1 is 1.17 bits per heavy atom. The van der Waals surface area contributed by atoms with E-state index in [-0.39, 0.29) is 5.57 Å². The van der Waals surface area contributed by atoms with Crippen molar-refractivity contribution in [2.24, 2.45) is 5.73 Å². The quantitative estimate of drug-likeness (QED) is 0.600. The second-order valence-corrected chi connectivity index (χ2v) is 2.23. The zero-order chi connectivity index (χ0) is 10.3. The second kappa shape index (κ2) is 6.15. The standard InChI is InChI=1S/C4H7NO.C4H6O2/c2*1-3(2)4(5)6/h1H2,2H3,(H2,5,6);1H2,2H3,(H,5,6). The molecule has 0 fully saturated rings. The van der Waals surface area contributed by atoms with Crippen LogP contribution in [0.1, 0.15) is 13.8 Å². The summed E-state index contributed by atoms with van der Waals surface area (Å²) in [4.78, 5) is 19.4. The van der Waals surface area contributed by atoms with Crippen LogP contribution >= 0.6 is 0 Å². The molecular weight excluding hydrogens is 158 g/mol. The molecule has 0 aromatic carbocycles. The maximum Gasteiger partial charge on any atom is 0.330 e. The Hall–Kier alpha value is -1.58. The highest BCUT2D eigenvalue weighted by atomic mass is 16.4. The minimum atomic E-state index is -0.935. The normalized spacial score (nSPS) is 7.50. The van der Waals surface area contributed by atoms with Crippen molar-refractivity contribution in [3.8, 4) is 0 Å². The molecule has 0 aromatic rings. The average molecular weight is 171 g/mol. The Labute approximate surface area is 71.4 Å². The predicted molar refractivity (Wildman–Crippen MR) is 46.5 cm³/mol. The number of carbonyl (C=O) groups excluding carboxylic acids is 1. The number of hydrogen-bond acceptors (Lipinski definition) is 2. The van der Waals surface area contributed by atoms with E-state index in [4.69, 9.17) is 10.8 Å². The van der Waals surface area contributed by atoms with Crippen molar-refractivity contribution in [1.82, 2.24) is 0 Å². The molecular formula is C8H13NO3. The topological polar surface area (TPSA) is 80.4 Å². The maximum absolute atomic E-state index is 9.82. The van der Waals surface area contributed by atoms with Crippen molar-refractivity contribution >= 4 is 11.9 Å². The summed E-state index contributed by atoms with van der Waals surface area (Å²) in [6, 6.07) is 0. The van der Waals surface area contributed by atoms with Gasteiger partial charge in [0.15, 0.2) is 0 Å². The Balaban J connectivity index is 0. The molecule has 4 nitrogen and oxygen atoms in total. The highest BCUT2D eigenvalue weighted by molar-refractivity contribution is 5.90. The van der Waals surface area contributed by atoms with Crippen LogP contribution in [0.15, 0.2) is 24.3 Å². The van der Waals surface area contributed by atoms with Gasteiger partial charge in [0.25, 0.3) is 0 Å². The minimum absolute atomic E-state index is 0.176. The van der Waals surface area contributed by atoms with E-state index in [1.807, 2.05) is 0 Å². The van der Waals surface area contributed by atoms with Crippen molar-refractivity contribution in [3.05, 3.63) is 24.3 Å². The van der Waals surface area contributed by atoms with Gasteiger partial charge in [0, 0.05) is 11.1 Å². The van der Waals surface area contributed by atoms with E-state index in [1.165, 1.54) is 6.92 Å². The number of hydrogen-bond donors (Lipinski definition) is 2. The molecule has 0 unspecified atom stereocenters. The molecule has 0 rings (SSSR count). The molecule has 0 saturated carbocycles. The van der Waals surface area contributed by atoms with E-state index >= 15 is 0 Å². The van der Waals surface area contributed by atoms with E-state index in [1.54, 1.807) is 6.92 Å². The highest BCUT2D eigenvalue weighted by Gasteiger charge is 1.90. The van der Waals surface area contributed by atoms with Crippen molar-refractivity contribution in [1.29, 1.82) is 0 Å². The highest BCUT2D eigenvalue weighted by Crippen LogP contribution is 1.81. The first-order valence-corrected chi connectivity index (χ1v) is 3.13. The number of rotatable bonds is 2. The Morgan fingerprint density at radius 3 is 1.33 bits per heavy atom. The summed E-state index contributed by atoms with van der Waals surface area (Å²) in [6.07, 6.45) is 0. The zero-order valence-electron chi connectivity index (χ0n) is 7.26. The van der Waals surface area contributed by atoms with Gasteiger partial charge in [0.05, 0.1) is 0 Å². The monoisotopic (exact) mass is 171 g/mol. The molecule has 0 aromatic heterocycles. The van der Waals surface area contributed by atoms with Gasteiger partial charge in [-0.05, 0) is 13.8 Å². The summed E-state index contributed by atoms with van der Waals surface area (Å²) in [5, 5.41) is 7.89. The van der Waals surface area contributed by atoms with Crippen LogP contribution in [0.2, 0.25) is 0 Å². The summed E-state index contributed by atoms with van der Waals surface area (Å²) in [5.41, 5.74) is 5.27. The van der Waals surface area contributed by atoms with E-state index in [9.17, 15) is 9.59 Å². The lowest BCUT2D eigenvalue weighted by Gasteiger charge is -1.81. The Morgan fingerprint density at radius 2 is 1.33 bits per heavy atom. The van der Waals surface area contributed by atoms with Crippen LogP contribution in [-0.4, -0.2) is 17.0 Å². The maximum atomic E-state index is 9.82. The van der Waals surface area contributed by atoms with Crippen LogP contribution in [0.3, 0.4) is 0 Å². The summed E-state index contributed by atoms with van der Waals surface area (Å²) in [7, 11) is 0. The molecule has 12 heavy (non-hydrogen) atoms. The largest absolute Gasteiger partial charge is 0.478 e. The fraction of sp³-hybridized carbons (Fsp3) is 0.250. The zero-order valence-corrected chi connectivity index (χ0v) is 7.26. The number of nitrogens with two attached hydrogens (primary N) is 1. The first-order chi connectivity index (χ1) is 5.29. The fourth-order valence-electron chi connectivity index (χ4n) is 0. The van der Waals surface area contributed by atoms with Gasteiger partial charge in [0.2, 0.25) is 5.91 Å². The third-order valence-corrected chi connectivity index (χ3v) is 0.786. The molecule has 0 aliphatic carbocycles. The molecule has 0 atom stereocenters. The van der Waals surface area contributed by atoms with Gasteiger partial charge >= 0.3 is 5.97 Å². The molecule has 0 aliphatic rings. The first kappa shape index (κ1) is 13.0. The first-order valence-electron chi connectivity index (χ1n) is 3.13. The van der Waals surface area contributed by atoms with Gasteiger partial charge in [-0.1, -0.05) is 13.2 Å². The van der Waals surface area contributed by atoms with Crippen molar-refractivity contribution in [2.45, 2.75) is 13.8 Å². The minimum Gasteiger partial charge on any atom is -0.478 e. The van der Waals surface area contributed by atoms with Gasteiger partial charge in [-0.2, -0.15) is 0 Å². The van der Waals surface area contributed by atoms with E-state index < -0.39 is 11.9 Å². The molecule has 4 heteroatoms. The van der Waals surface area contributed by atoms with Crippen LogP contribution in [0.4, 0.5) is 0 Å². The van der Waals surface area contributed by atoms with Crippen molar-refractivity contribution < 1.29 is 14.7 Å². The second-order valence-electron chi connectivity index (χ2n) is 2.23. The number of carboxylic acid groups (broad SMARTS) is 1. The number of carboxylic acids is 1. The van der Waals surface area contributed by atoms with Gasteiger partial charge in [-0.25, -0.2) is 4.79 Å². The van der Waals surface area contributed by atoms with Gasteiger partial charge in [-0.15, -0.1) is 0 Å². The smallest absolute Gasteiger partial charge is 0.330 e. The number of amides is 1. The molecule has 3 N–H and O–H groups in total. The van der Waals surface area contributed by atoms with Crippen molar-refractivity contribution in [3.63, 3.8) is 0 Å². The van der Waals surface area contributed by atoms with Gasteiger partial charge in [-0.3, -0.25) is 4.79 Å². The van der Waals surface area contributed by atoms with Gasteiger partial charge in [0.1, 0.15) is 0 Å².